The van der Waals surface area contributed by atoms with E-state index < -0.39 is 0 Å². The topological polar surface area (TPSA) is 46.5 Å². The minimum absolute atomic E-state index is 0.00790. The number of ether oxygens (including phenoxy) is 1. The first-order chi connectivity index (χ1) is 16.1. The van der Waals surface area contributed by atoms with Crippen molar-refractivity contribution in [1.29, 1.82) is 0 Å². The lowest BCUT2D eigenvalue weighted by Gasteiger charge is -2.74. The Labute approximate surface area is 215 Å². The van der Waals surface area contributed by atoms with E-state index in [1.165, 1.54) is 38.5 Å². The Morgan fingerprint density at radius 3 is 2.20 bits per heavy atom. The zero-order valence-electron chi connectivity index (χ0n) is 24.2. The van der Waals surface area contributed by atoms with Crippen molar-refractivity contribution in [2.24, 2.45) is 62.6 Å². The van der Waals surface area contributed by atoms with Gasteiger partial charge in [0.25, 0.3) is 0 Å². The van der Waals surface area contributed by atoms with Gasteiger partial charge < -0.3 is 9.84 Å². The normalized spacial score (nSPS) is 57.2. The highest BCUT2D eigenvalue weighted by atomic mass is 16.5. The molecule has 0 radical (unpaired) electrons. The van der Waals surface area contributed by atoms with Crippen LogP contribution < -0.4 is 0 Å². The van der Waals surface area contributed by atoms with Crippen LogP contribution in [0.3, 0.4) is 0 Å². The van der Waals surface area contributed by atoms with Gasteiger partial charge in [0.1, 0.15) is 6.10 Å². The average molecular weight is 487 g/mol. The van der Waals surface area contributed by atoms with Crippen LogP contribution in [0.4, 0.5) is 0 Å². The maximum atomic E-state index is 12.1. The van der Waals surface area contributed by atoms with Crippen LogP contribution in [0, 0.1) is 62.6 Å². The predicted molar refractivity (Wildman–Crippen MR) is 142 cm³/mol. The highest BCUT2D eigenvalue weighted by Gasteiger charge is 2.72. The van der Waals surface area contributed by atoms with Crippen LogP contribution in [-0.2, 0) is 9.53 Å². The molecule has 5 fully saturated rings. The lowest BCUT2D eigenvalue weighted by molar-refractivity contribution is -0.284. The van der Waals surface area contributed by atoms with E-state index in [9.17, 15) is 9.90 Å². The molecular formula is C32H54O3. The summed E-state index contributed by atoms with van der Waals surface area (Å²) >= 11 is 0. The number of carbonyl (C=O) groups is 1. The van der Waals surface area contributed by atoms with Gasteiger partial charge in [0.15, 0.2) is 0 Å². The summed E-state index contributed by atoms with van der Waals surface area (Å²) in [5.41, 5.74) is 0.927. The summed E-state index contributed by atoms with van der Waals surface area (Å²) in [6, 6.07) is 0. The summed E-state index contributed by atoms with van der Waals surface area (Å²) in [7, 11) is 0. The van der Waals surface area contributed by atoms with Gasteiger partial charge in [-0.15, -0.1) is 0 Å². The molecule has 5 aliphatic rings. The van der Waals surface area contributed by atoms with E-state index in [2.05, 4.69) is 55.4 Å². The van der Waals surface area contributed by atoms with Gasteiger partial charge in [0.2, 0.25) is 0 Å². The van der Waals surface area contributed by atoms with Crippen molar-refractivity contribution < 1.29 is 14.6 Å². The molecule has 0 aromatic carbocycles. The van der Waals surface area contributed by atoms with E-state index in [0.717, 1.165) is 37.0 Å². The average Bonchev–Trinajstić information content (AvgIpc) is 2.74. The zero-order valence-corrected chi connectivity index (χ0v) is 24.2. The third-order valence-electron chi connectivity index (χ3n) is 14.2. The molecule has 1 N–H and O–H groups in total. The van der Waals surface area contributed by atoms with Crippen LogP contribution in [-0.4, -0.2) is 23.3 Å². The molecule has 200 valence electrons. The molecule has 5 aliphatic carbocycles. The van der Waals surface area contributed by atoms with Gasteiger partial charge in [-0.3, -0.25) is 4.79 Å². The van der Waals surface area contributed by atoms with Gasteiger partial charge in [-0.05, 0) is 115 Å². The molecule has 0 aromatic rings. The van der Waals surface area contributed by atoms with Crippen molar-refractivity contribution in [2.75, 3.05) is 0 Å². The van der Waals surface area contributed by atoms with Crippen molar-refractivity contribution in [3.8, 4) is 0 Å². The minimum atomic E-state index is -0.223. The van der Waals surface area contributed by atoms with Crippen molar-refractivity contribution in [3.63, 3.8) is 0 Å². The van der Waals surface area contributed by atoms with Gasteiger partial charge in [-0.25, -0.2) is 0 Å². The number of aliphatic hydroxyl groups excluding tert-OH is 1. The minimum Gasteiger partial charge on any atom is -0.462 e. The first kappa shape index (κ1) is 26.1. The molecule has 12 unspecified atom stereocenters. The number of hydrogen-bond acceptors (Lipinski definition) is 3. The molecule has 0 spiro atoms. The monoisotopic (exact) mass is 486 g/mol. The van der Waals surface area contributed by atoms with E-state index in [4.69, 9.17) is 4.74 Å². The molecule has 3 heteroatoms. The van der Waals surface area contributed by atoms with Crippen LogP contribution in [0.2, 0.25) is 0 Å². The van der Waals surface area contributed by atoms with Gasteiger partial charge in [-0.1, -0.05) is 55.4 Å². The summed E-state index contributed by atoms with van der Waals surface area (Å²) in [6.07, 6.45) is 10.6. The molecule has 5 rings (SSSR count). The van der Waals surface area contributed by atoms with Crippen molar-refractivity contribution in [2.45, 2.75) is 132 Å². The fraction of sp³-hybridized carbons (Fsp3) is 0.969. The molecule has 0 bridgehead atoms. The Bertz CT molecular complexity index is 865. The van der Waals surface area contributed by atoms with Crippen LogP contribution >= 0.6 is 0 Å². The Morgan fingerprint density at radius 2 is 1.54 bits per heavy atom. The van der Waals surface area contributed by atoms with Crippen molar-refractivity contribution >= 4 is 5.97 Å². The molecule has 12 atom stereocenters. The van der Waals surface area contributed by atoms with E-state index in [1.807, 2.05) is 0 Å². The predicted octanol–water partition coefficient (Wildman–Crippen LogP) is 7.65. The van der Waals surface area contributed by atoms with Crippen molar-refractivity contribution in [1.82, 2.24) is 0 Å². The fourth-order valence-electron chi connectivity index (χ4n) is 12.1. The highest BCUT2D eigenvalue weighted by molar-refractivity contribution is 5.66. The lowest BCUT2D eigenvalue weighted by Crippen LogP contribution is -2.70. The van der Waals surface area contributed by atoms with Gasteiger partial charge >= 0.3 is 5.97 Å². The maximum absolute atomic E-state index is 12.1. The molecule has 5 saturated carbocycles. The Morgan fingerprint density at radius 1 is 0.857 bits per heavy atom. The quantitative estimate of drug-likeness (QED) is 0.387. The van der Waals surface area contributed by atoms with Crippen molar-refractivity contribution in [3.05, 3.63) is 0 Å². The van der Waals surface area contributed by atoms with Gasteiger partial charge in [-0.2, -0.15) is 0 Å². The third-order valence-corrected chi connectivity index (χ3v) is 14.2. The molecule has 3 nitrogen and oxygen atoms in total. The van der Waals surface area contributed by atoms with Crippen LogP contribution in [0.25, 0.3) is 0 Å². The number of rotatable bonds is 1. The lowest BCUT2D eigenvalue weighted by atomic mass is 9.31. The summed E-state index contributed by atoms with van der Waals surface area (Å²) in [5, 5.41) is 12.1. The van der Waals surface area contributed by atoms with Gasteiger partial charge in [0, 0.05) is 12.3 Å². The first-order valence-corrected chi connectivity index (χ1v) is 15.0. The summed E-state index contributed by atoms with van der Waals surface area (Å²) < 4.78 is 5.88. The number of fused-ring (bicyclic) bond motifs is 7. The SMILES string of the molecule is CC(=O)OC1CCC2(C)C(CCC3(C)C2C(O)CC2C4C(C)C(C)CCC4(C)CCC23C)C1(C)C. The van der Waals surface area contributed by atoms with Crippen LogP contribution in [0.5, 0.6) is 0 Å². The standard InChI is InChI=1S/C32H54O3/c1-19-10-13-29(6)16-17-31(8)22(26(29)20(19)2)18-23(34)27-30(7)14-12-25(35-21(3)33)28(4,5)24(30)11-15-32(27,31)9/h19-20,22-27,34H,10-18H2,1-9H3. The second-order valence-corrected chi connectivity index (χ2v) is 15.8. The molecule has 0 aliphatic heterocycles. The van der Waals surface area contributed by atoms with Crippen LogP contribution in [0.1, 0.15) is 120 Å². The smallest absolute Gasteiger partial charge is 0.302 e. The molecular weight excluding hydrogens is 432 g/mol. The largest absolute Gasteiger partial charge is 0.462 e. The summed E-state index contributed by atoms with van der Waals surface area (Å²) in [4.78, 5) is 11.9. The molecule has 0 heterocycles. The van der Waals surface area contributed by atoms with Crippen LogP contribution in [0.15, 0.2) is 0 Å². The zero-order chi connectivity index (χ0) is 25.8. The third kappa shape index (κ3) is 3.34. The fourth-order valence-corrected chi connectivity index (χ4v) is 12.1. The number of aliphatic hydroxyl groups is 1. The summed E-state index contributed by atoms with van der Waals surface area (Å²) in [6.45, 7) is 21.6. The Balaban J connectivity index is 1.53. The number of esters is 1. The Hall–Kier alpha value is -0.570. The van der Waals surface area contributed by atoms with E-state index in [1.54, 1.807) is 6.92 Å². The van der Waals surface area contributed by atoms with E-state index in [0.29, 0.717) is 23.2 Å². The van der Waals surface area contributed by atoms with Gasteiger partial charge in [0.05, 0.1) is 6.10 Å². The molecule has 0 aromatic heterocycles. The first-order valence-electron chi connectivity index (χ1n) is 15.0. The second kappa shape index (κ2) is 7.97. The maximum Gasteiger partial charge on any atom is 0.302 e. The second-order valence-electron chi connectivity index (χ2n) is 15.8. The number of carbonyl (C=O) groups excluding carboxylic acids is 1. The molecule has 0 saturated heterocycles. The molecule has 0 amide bonds. The van der Waals surface area contributed by atoms with E-state index >= 15 is 0 Å². The number of hydrogen-bond donors (Lipinski definition) is 1. The summed E-state index contributed by atoms with van der Waals surface area (Å²) in [5.74, 6) is 3.55. The molecule has 35 heavy (non-hydrogen) atoms. The van der Waals surface area contributed by atoms with E-state index in [-0.39, 0.29) is 39.8 Å². The Kier molecular flexibility index (Phi) is 5.93. The highest BCUT2D eigenvalue weighted by Crippen LogP contribution is 2.77.